The topological polar surface area (TPSA) is 41.1 Å². The number of hydrogen-bond donors (Lipinski definition) is 2. The summed E-state index contributed by atoms with van der Waals surface area (Å²) < 4.78 is 14.4. The first-order valence-electron chi connectivity index (χ1n) is 7.70. The van der Waals surface area contributed by atoms with Crippen LogP contribution in [-0.4, -0.2) is 12.5 Å². The smallest absolute Gasteiger partial charge is 0.235 e. The third kappa shape index (κ3) is 1.74. The van der Waals surface area contributed by atoms with Crippen molar-refractivity contribution < 1.29 is 9.18 Å². The molecule has 1 aromatic carbocycles. The van der Waals surface area contributed by atoms with Gasteiger partial charge >= 0.3 is 0 Å². The second kappa shape index (κ2) is 4.33. The Morgan fingerprint density at radius 2 is 2.14 bits per heavy atom. The number of rotatable bonds is 1. The predicted molar refractivity (Wildman–Crippen MR) is 80.3 cm³/mol. The third-order valence-electron chi connectivity index (χ3n) is 5.16. The summed E-state index contributed by atoms with van der Waals surface area (Å²) in [7, 11) is 0. The highest BCUT2D eigenvalue weighted by Crippen LogP contribution is 2.52. The Morgan fingerprint density at radius 3 is 2.76 bits per heavy atom. The summed E-state index contributed by atoms with van der Waals surface area (Å²) in [6.07, 6.45) is 5.84. The lowest BCUT2D eigenvalue weighted by atomic mass is 9.65. The van der Waals surface area contributed by atoms with Gasteiger partial charge in [-0.2, -0.15) is 0 Å². The molecule has 2 N–H and O–H groups in total. The summed E-state index contributed by atoms with van der Waals surface area (Å²) in [4.78, 5) is 12.2. The van der Waals surface area contributed by atoms with E-state index < -0.39 is 5.41 Å². The van der Waals surface area contributed by atoms with E-state index in [9.17, 15) is 9.18 Å². The maximum Gasteiger partial charge on any atom is 0.235 e. The van der Waals surface area contributed by atoms with Crippen LogP contribution in [0.1, 0.15) is 43.7 Å². The van der Waals surface area contributed by atoms with Crippen molar-refractivity contribution in [2.24, 2.45) is 5.92 Å². The molecular formula is C17H19FN2O. The maximum absolute atomic E-state index is 14.4. The van der Waals surface area contributed by atoms with Crippen LogP contribution in [0.2, 0.25) is 0 Å². The standard InChI is InChI=1S/C17H19FN2O/c1-10-3-4-14(19-9-10)11-7-12-15(13(18)8-11)20-16(21)17(12)5-2-6-17/h4,7-8,10,19H,2-3,5-6,9H2,1H3,(H,20,21). The lowest BCUT2D eigenvalue weighted by molar-refractivity contribution is -0.123. The minimum absolute atomic E-state index is 0.0287. The van der Waals surface area contributed by atoms with E-state index in [0.717, 1.165) is 49.1 Å². The van der Waals surface area contributed by atoms with Gasteiger partial charge in [-0.05, 0) is 42.9 Å². The minimum atomic E-state index is -0.464. The van der Waals surface area contributed by atoms with Gasteiger partial charge in [0.25, 0.3) is 0 Å². The summed E-state index contributed by atoms with van der Waals surface area (Å²) in [5, 5.41) is 6.11. The first-order chi connectivity index (χ1) is 10.1. The van der Waals surface area contributed by atoms with E-state index in [2.05, 4.69) is 23.6 Å². The van der Waals surface area contributed by atoms with Gasteiger partial charge in [0.05, 0.1) is 11.1 Å². The van der Waals surface area contributed by atoms with Gasteiger partial charge in [-0.1, -0.05) is 19.4 Å². The van der Waals surface area contributed by atoms with Crippen molar-refractivity contribution in [1.82, 2.24) is 5.32 Å². The van der Waals surface area contributed by atoms with Gasteiger partial charge < -0.3 is 10.6 Å². The molecule has 1 aromatic rings. The van der Waals surface area contributed by atoms with Gasteiger partial charge in [0.15, 0.2) is 0 Å². The van der Waals surface area contributed by atoms with Crippen molar-refractivity contribution in [2.45, 2.75) is 38.0 Å². The Bertz CT molecular complexity index is 661. The zero-order chi connectivity index (χ0) is 14.6. The van der Waals surface area contributed by atoms with E-state index in [1.54, 1.807) is 0 Å². The van der Waals surface area contributed by atoms with E-state index in [-0.39, 0.29) is 11.7 Å². The van der Waals surface area contributed by atoms with Gasteiger partial charge in [0.1, 0.15) is 5.82 Å². The number of carbonyl (C=O) groups is 1. The normalized spacial score (nSPS) is 25.7. The zero-order valence-electron chi connectivity index (χ0n) is 12.1. The van der Waals surface area contributed by atoms with Crippen molar-refractivity contribution in [3.8, 4) is 0 Å². The lowest BCUT2D eigenvalue weighted by Gasteiger charge is -2.36. The van der Waals surface area contributed by atoms with Crippen LogP contribution in [0.25, 0.3) is 5.70 Å². The van der Waals surface area contributed by atoms with Crippen LogP contribution >= 0.6 is 0 Å². The molecule has 21 heavy (non-hydrogen) atoms. The van der Waals surface area contributed by atoms with Gasteiger partial charge in [-0.15, -0.1) is 0 Å². The summed E-state index contributed by atoms with van der Waals surface area (Å²) in [6, 6.07) is 3.54. The molecule has 1 aliphatic carbocycles. The summed E-state index contributed by atoms with van der Waals surface area (Å²) in [5.74, 6) is 0.259. The largest absolute Gasteiger partial charge is 0.385 e. The Balaban J connectivity index is 1.79. The Labute approximate surface area is 123 Å². The molecule has 0 saturated heterocycles. The molecule has 110 valence electrons. The number of anilines is 1. The van der Waals surface area contributed by atoms with Crippen LogP contribution in [0.4, 0.5) is 10.1 Å². The molecule has 3 nitrogen and oxygen atoms in total. The first kappa shape index (κ1) is 12.9. The fourth-order valence-electron chi connectivity index (χ4n) is 3.63. The van der Waals surface area contributed by atoms with Crippen molar-refractivity contribution in [3.63, 3.8) is 0 Å². The van der Waals surface area contributed by atoms with E-state index in [4.69, 9.17) is 0 Å². The number of hydrogen-bond acceptors (Lipinski definition) is 2. The number of benzene rings is 1. The number of nitrogens with one attached hydrogen (secondary N) is 2. The van der Waals surface area contributed by atoms with Crippen molar-refractivity contribution in [3.05, 3.63) is 35.2 Å². The van der Waals surface area contributed by atoms with Crippen molar-refractivity contribution in [1.29, 1.82) is 0 Å². The second-order valence-corrected chi connectivity index (χ2v) is 6.61. The number of allylic oxidation sites excluding steroid dienone is 1. The molecular weight excluding hydrogens is 267 g/mol. The lowest BCUT2D eigenvalue weighted by Crippen LogP contribution is -2.40. The van der Waals surface area contributed by atoms with Crippen LogP contribution in [0, 0.1) is 11.7 Å². The van der Waals surface area contributed by atoms with Gasteiger partial charge in [-0.3, -0.25) is 4.79 Å². The minimum Gasteiger partial charge on any atom is -0.385 e. The Morgan fingerprint density at radius 1 is 1.33 bits per heavy atom. The summed E-state index contributed by atoms with van der Waals surface area (Å²) in [5.41, 5.74) is 2.64. The van der Waals surface area contributed by atoms with Crippen LogP contribution in [0.15, 0.2) is 18.2 Å². The van der Waals surface area contributed by atoms with Crippen LogP contribution in [-0.2, 0) is 10.2 Å². The quantitative estimate of drug-likeness (QED) is 0.832. The second-order valence-electron chi connectivity index (χ2n) is 6.61. The monoisotopic (exact) mass is 286 g/mol. The van der Waals surface area contributed by atoms with Gasteiger partial charge in [0, 0.05) is 17.8 Å². The Kier molecular flexibility index (Phi) is 2.65. The molecule has 1 unspecified atom stereocenters. The molecule has 1 fully saturated rings. The highest BCUT2D eigenvalue weighted by Gasteiger charge is 2.52. The molecule has 1 spiro atoms. The highest BCUT2D eigenvalue weighted by atomic mass is 19.1. The number of amides is 1. The summed E-state index contributed by atoms with van der Waals surface area (Å²) >= 11 is 0. The SMILES string of the molecule is CC1CC=C(c2cc(F)c3c(c2)C2(CCC2)C(=O)N3)NC1. The zero-order valence-corrected chi connectivity index (χ0v) is 12.1. The van der Waals surface area contributed by atoms with Gasteiger partial charge in [-0.25, -0.2) is 4.39 Å². The molecule has 1 saturated carbocycles. The molecule has 0 bridgehead atoms. The highest BCUT2D eigenvalue weighted by molar-refractivity contribution is 6.07. The maximum atomic E-state index is 14.4. The van der Waals surface area contributed by atoms with Crippen LogP contribution < -0.4 is 10.6 Å². The Hall–Kier alpha value is -1.84. The summed E-state index contributed by atoms with van der Waals surface area (Å²) in [6.45, 7) is 3.10. The molecule has 4 rings (SSSR count). The number of fused-ring (bicyclic) bond motifs is 2. The van der Waals surface area contributed by atoms with Crippen molar-refractivity contribution in [2.75, 3.05) is 11.9 Å². The van der Waals surface area contributed by atoms with E-state index >= 15 is 0 Å². The molecule has 0 radical (unpaired) electrons. The molecule has 2 heterocycles. The van der Waals surface area contributed by atoms with Crippen LogP contribution in [0.3, 0.4) is 0 Å². The van der Waals surface area contributed by atoms with Crippen LogP contribution in [0.5, 0.6) is 0 Å². The molecule has 4 heteroatoms. The van der Waals surface area contributed by atoms with Crippen molar-refractivity contribution >= 4 is 17.3 Å². The van der Waals surface area contributed by atoms with E-state index in [1.807, 2.05) is 6.07 Å². The molecule has 0 aromatic heterocycles. The average molecular weight is 286 g/mol. The molecule has 2 aliphatic heterocycles. The molecule has 1 atom stereocenters. The van der Waals surface area contributed by atoms with E-state index in [1.165, 1.54) is 6.07 Å². The number of carbonyl (C=O) groups excluding carboxylic acids is 1. The first-order valence-corrected chi connectivity index (χ1v) is 7.70. The third-order valence-corrected chi connectivity index (χ3v) is 5.16. The fraction of sp³-hybridized carbons (Fsp3) is 0.471. The fourth-order valence-corrected chi connectivity index (χ4v) is 3.63. The molecule has 3 aliphatic rings. The average Bonchev–Trinajstić information content (AvgIpc) is 2.72. The van der Waals surface area contributed by atoms with E-state index in [0.29, 0.717) is 11.6 Å². The predicted octanol–water partition coefficient (Wildman–Crippen LogP) is 3.17. The number of halogens is 1. The van der Waals surface area contributed by atoms with Gasteiger partial charge in [0.2, 0.25) is 5.91 Å². The molecule has 1 amide bonds.